The number of methoxy groups -OCH3 is 1. The van der Waals surface area contributed by atoms with Crippen LogP contribution in [0.25, 0.3) is 0 Å². The SMILES string of the molecule is COc1ccc(NC=Nc2cc(C)on2)cc1. The topological polar surface area (TPSA) is 59.6 Å². The second-order valence-corrected chi connectivity index (χ2v) is 3.43. The fourth-order valence-corrected chi connectivity index (χ4v) is 1.27. The Labute approximate surface area is 99.1 Å². The third-order valence-corrected chi connectivity index (χ3v) is 2.13. The van der Waals surface area contributed by atoms with Gasteiger partial charge in [-0.05, 0) is 31.2 Å². The van der Waals surface area contributed by atoms with E-state index in [4.69, 9.17) is 9.26 Å². The van der Waals surface area contributed by atoms with Gasteiger partial charge in [0, 0.05) is 11.8 Å². The van der Waals surface area contributed by atoms with E-state index in [0.29, 0.717) is 5.82 Å². The molecule has 0 aliphatic carbocycles. The first-order valence-electron chi connectivity index (χ1n) is 5.14. The first kappa shape index (κ1) is 11.2. The van der Waals surface area contributed by atoms with Crippen LogP contribution >= 0.6 is 0 Å². The van der Waals surface area contributed by atoms with Gasteiger partial charge in [-0.3, -0.25) is 0 Å². The van der Waals surface area contributed by atoms with Crippen molar-refractivity contribution in [2.45, 2.75) is 6.92 Å². The Kier molecular flexibility index (Phi) is 3.40. The van der Waals surface area contributed by atoms with Crippen molar-refractivity contribution in [1.82, 2.24) is 5.16 Å². The largest absolute Gasteiger partial charge is 0.497 e. The highest BCUT2D eigenvalue weighted by atomic mass is 16.5. The molecule has 0 saturated carbocycles. The minimum absolute atomic E-state index is 0.545. The van der Waals surface area contributed by atoms with E-state index in [1.165, 1.54) is 0 Å². The molecule has 0 radical (unpaired) electrons. The highest BCUT2D eigenvalue weighted by Crippen LogP contribution is 2.15. The Morgan fingerprint density at radius 2 is 2.12 bits per heavy atom. The van der Waals surface area contributed by atoms with Gasteiger partial charge in [0.15, 0.2) is 5.82 Å². The number of hydrogen-bond acceptors (Lipinski definition) is 4. The summed E-state index contributed by atoms with van der Waals surface area (Å²) in [6.45, 7) is 1.82. The van der Waals surface area contributed by atoms with Crippen LogP contribution in [-0.4, -0.2) is 18.6 Å². The highest BCUT2D eigenvalue weighted by molar-refractivity contribution is 5.77. The smallest absolute Gasteiger partial charge is 0.196 e. The van der Waals surface area contributed by atoms with E-state index in [2.05, 4.69) is 15.5 Å². The van der Waals surface area contributed by atoms with Gasteiger partial charge in [0.1, 0.15) is 11.5 Å². The Hall–Kier alpha value is -2.30. The summed E-state index contributed by atoms with van der Waals surface area (Å²) in [6, 6.07) is 9.30. The quantitative estimate of drug-likeness (QED) is 0.649. The zero-order valence-corrected chi connectivity index (χ0v) is 9.68. The zero-order chi connectivity index (χ0) is 12.1. The minimum atomic E-state index is 0.545. The molecule has 5 heteroatoms. The first-order chi connectivity index (χ1) is 8.28. The molecule has 0 aliphatic heterocycles. The third kappa shape index (κ3) is 3.07. The molecule has 0 atom stereocenters. The van der Waals surface area contributed by atoms with Crippen LogP contribution in [0.5, 0.6) is 5.75 Å². The number of anilines is 1. The maximum atomic E-state index is 5.06. The molecular weight excluding hydrogens is 218 g/mol. The van der Waals surface area contributed by atoms with Crippen molar-refractivity contribution in [2.24, 2.45) is 4.99 Å². The van der Waals surface area contributed by atoms with E-state index >= 15 is 0 Å². The number of nitrogens with one attached hydrogen (secondary N) is 1. The lowest BCUT2D eigenvalue weighted by atomic mass is 10.3. The second-order valence-electron chi connectivity index (χ2n) is 3.43. The van der Waals surface area contributed by atoms with Crippen molar-refractivity contribution in [3.63, 3.8) is 0 Å². The predicted octanol–water partition coefficient (Wildman–Crippen LogP) is 2.76. The van der Waals surface area contributed by atoms with Gasteiger partial charge in [-0.2, -0.15) is 0 Å². The fraction of sp³-hybridized carbons (Fsp3) is 0.167. The second kappa shape index (κ2) is 5.16. The summed E-state index contributed by atoms with van der Waals surface area (Å²) in [6.07, 6.45) is 1.57. The average molecular weight is 231 g/mol. The average Bonchev–Trinajstić information content (AvgIpc) is 2.76. The Balaban J connectivity index is 1.95. The van der Waals surface area contributed by atoms with Crippen molar-refractivity contribution < 1.29 is 9.26 Å². The van der Waals surface area contributed by atoms with E-state index in [9.17, 15) is 0 Å². The van der Waals surface area contributed by atoms with Crippen molar-refractivity contribution in [3.05, 3.63) is 36.1 Å². The highest BCUT2D eigenvalue weighted by Gasteiger charge is 1.95. The molecule has 0 unspecified atom stereocenters. The number of hydrogen-bond donors (Lipinski definition) is 1. The number of aryl methyl sites for hydroxylation is 1. The number of nitrogens with zero attached hydrogens (tertiary/aromatic N) is 2. The Bertz CT molecular complexity index is 503. The van der Waals surface area contributed by atoms with Crippen molar-refractivity contribution >= 4 is 17.8 Å². The van der Waals surface area contributed by atoms with Crippen LogP contribution in [0.1, 0.15) is 5.76 Å². The van der Waals surface area contributed by atoms with Crippen molar-refractivity contribution in [2.75, 3.05) is 12.4 Å². The van der Waals surface area contributed by atoms with Gasteiger partial charge >= 0.3 is 0 Å². The number of rotatable bonds is 4. The molecule has 1 heterocycles. The Morgan fingerprint density at radius 1 is 1.35 bits per heavy atom. The monoisotopic (exact) mass is 231 g/mol. The third-order valence-electron chi connectivity index (χ3n) is 2.13. The summed E-state index contributed by atoms with van der Waals surface area (Å²) in [7, 11) is 1.64. The van der Waals surface area contributed by atoms with Gasteiger partial charge in [-0.15, -0.1) is 0 Å². The molecule has 1 aromatic heterocycles. The summed E-state index contributed by atoms with van der Waals surface area (Å²) >= 11 is 0. The van der Waals surface area contributed by atoms with E-state index < -0.39 is 0 Å². The van der Waals surface area contributed by atoms with Crippen LogP contribution in [0.4, 0.5) is 11.5 Å². The summed E-state index contributed by atoms with van der Waals surface area (Å²) in [5.41, 5.74) is 0.926. The van der Waals surface area contributed by atoms with Crippen LogP contribution in [0.3, 0.4) is 0 Å². The summed E-state index contributed by atoms with van der Waals surface area (Å²) < 4.78 is 9.95. The summed E-state index contributed by atoms with van der Waals surface area (Å²) in [5, 5.41) is 6.77. The van der Waals surface area contributed by atoms with E-state index in [0.717, 1.165) is 17.2 Å². The number of aromatic nitrogens is 1. The molecule has 1 aromatic carbocycles. The molecule has 88 valence electrons. The molecule has 2 aromatic rings. The first-order valence-corrected chi connectivity index (χ1v) is 5.14. The maximum absolute atomic E-state index is 5.06. The van der Waals surface area contributed by atoms with Crippen LogP contribution < -0.4 is 10.1 Å². The van der Waals surface area contributed by atoms with Crippen LogP contribution in [-0.2, 0) is 0 Å². The predicted molar refractivity (Wildman–Crippen MR) is 66.0 cm³/mol. The molecule has 0 amide bonds. The lowest BCUT2D eigenvalue weighted by Crippen LogP contribution is -1.94. The van der Waals surface area contributed by atoms with Gasteiger partial charge in [0.05, 0.1) is 13.4 Å². The lowest BCUT2D eigenvalue weighted by Gasteiger charge is -2.01. The summed E-state index contributed by atoms with van der Waals surface area (Å²) in [4.78, 5) is 4.09. The van der Waals surface area contributed by atoms with Crippen molar-refractivity contribution in [1.29, 1.82) is 0 Å². The standard InChI is InChI=1S/C12H13N3O2/c1-9-7-12(15-17-9)14-8-13-10-3-5-11(16-2)6-4-10/h3-8H,1-2H3,(H,13,14,15). The fourth-order valence-electron chi connectivity index (χ4n) is 1.27. The summed E-state index contributed by atoms with van der Waals surface area (Å²) in [5.74, 6) is 2.10. The number of benzene rings is 1. The van der Waals surface area contributed by atoms with Gasteiger partial charge in [-0.25, -0.2) is 4.99 Å². The maximum Gasteiger partial charge on any atom is 0.196 e. The molecule has 0 spiro atoms. The number of aliphatic imine (C=N–C) groups is 1. The normalized spacial score (nSPS) is 10.7. The Morgan fingerprint density at radius 3 is 2.71 bits per heavy atom. The van der Waals surface area contributed by atoms with Crippen LogP contribution in [0, 0.1) is 6.92 Å². The van der Waals surface area contributed by atoms with Crippen molar-refractivity contribution in [3.8, 4) is 5.75 Å². The molecule has 1 N–H and O–H groups in total. The molecular formula is C12H13N3O2. The van der Waals surface area contributed by atoms with Gasteiger partial charge in [0.2, 0.25) is 0 Å². The number of ether oxygens (including phenoxy) is 1. The van der Waals surface area contributed by atoms with Crippen LogP contribution in [0.15, 0.2) is 39.8 Å². The molecule has 17 heavy (non-hydrogen) atoms. The van der Waals surface area contributed by atoms with E-state index in [1.54, 1.807) is 19.5 Å². The molecule has 2 rings (SSSR count). The van der Waals surface area contributed by atoms with E-state index in [-0.39, 0.29) is 0 Å². The molecule has 0 saturated heterocycles. The minimum Gasteiger partial charge on any atom is -0.497 e. The lowest BCUT2D eigenvalue weighted by molar-refractivity contribution is 0.399. The van der Waals surface area contributed by atoms with Gasteiger partial charge in [0.25, 0.3) is 0 Å². The molecule has 0 fully saturated rings. The van der Waals surface area contributed by atoms with Gasteiger partial charge in [-0.1, -0.05) is 5.16 Å². The van der Waals surface area contributed by atoms with Crippen LogP contribution in [0.2, 0.25) is 0 Å². The molecule has 0 bridgehead atoms. The zero-order valence-electron chi connectivity index (χ0n) is 9.68. The molecule has 0 aliphatic rings. The van der Waals surface area contributed by atoms with Gasteiger partial charge < -0.3 is 14.6 Å². The van der Waals surface area contributed by atoms with E-state index in [1.807, 2.05) is 31.2 Å². The molecule has 5 nitrogen and oxygen atoms in total.